The molecule has 0 saturated heterocycles. The van der Waals surface area contributed by atoms with Gasteiger partial charge >= 0.3 is 11.9 Å². The number of hydrogen-bond acceptors (Lipinski definition) is 8. The number of rotatable bonds is 6. The van der Waals surface area contributed by atoms with Crippen molar-refractivity contribution in [2.24, 2.45) is 0 Å². The van der Waals surface area contributed by atoms with Crippen LogP contribution < -0.4 is 5.73 Å². The third-order valence-electron chi connectivity index (χ3n) is 4.28. The average molecular weight is 399 g/mol. The van der Waals surface area contributed by atoms with E-state index in [0.29, 0.717) is 26.5 Å². The number of esters is 2. The first-order valence-corrected chi connectivity index (χ1v) is 9.65. The molecule has 0 aliphatic rings. The van der Waals surface area contributed by atoms with Crippen molar-refractivity contribution in [1.29, 1.82) is 0 Å². The molecule has 0 amide bonds. The number of anilines is 1. The van der Waals surface area contributed by atoms with E-state index in [1.807, 2.05) is 31.2 Å². The molecule has 2 heterocycles. The zero-order valence-electron chi connectivity index (χ0n) is 15.9. The van der Waals surface area contributed by atoms with Crippen molar-refractivity contribution >= 4 is 39.3 Å². The van der Waals surface area contributed by atoms with Crippen molar-refractivity contribution in [3.05, 3.63) is 51.7 Å². The third kappa shape index (κ3) is 4.12. The van der Waals surface area contributed by atoms with Gasteiger partial charge in [0.15, 0.2) is 12.4 Å². The predicted molar refractivity (Wildman–Crippen MR) is 107 cm³/mol. The first-order valence-electron chi connectivity index (χ1n) is 8.83. The molecule has 0 spiro atoms. The van der Waals surface area contributed by atoms with Crippen molar-refractivity contribution in [2.75, 3.05) is 12.3 Å². The van der Waals surface area contributed by atoms with Crippen LogP contribution in [0.2, 0.25) is 0 Å². The van der Waals surface area contributed by atoms with Gasteiger partial charge in [0.05, 0.1) is 18.4 Å². The average Bonchev–Trinajstić information content (AvgIpc) is 2.99. The van der Waals surface area contributed by atoms with Crippen LogP contribution in [0.5, 0.6) is 0 Å². The number of aromatic nitrogens is 2. The second-order valence-electron chi connectivity index (χ2n) is 6.25. The molecule has 0 radical (unpaired) electrons. The molecule has 0 unspecified atom stereocenters. The number of hydrogen-bond donors (Lipinski definition) is 1. The minimum Gasteiger partial charge on any atom is -0.462 e. The summed E-state index contributed by atoms with van der Waals surface area (Å²) < 4.78 is 10.4. The Kier molecular flexibility index (Phi) is 5.89. The van der Waals surface area contributed by atoms with Gasteiger partial charge in [0.1, 0.15) is 15.5 Å². The fourth-order valence-corrected chi connectivity index (χ4v) is 3.93. The first kappa shape index (κ1) is 19.8. The largest absolute Gasteiger partial charge is 0.462 e. The number of ether oxygens (including phenoxy) is 2. The third-order valence-corrected chi connectivity index (χ3v) is 5.45. The Morgan fingerprint density at radius 1 is 1.14 bits per heavy atom. The lowest BCUT2D eigenvalue weighted by atomic mass is 10.1. The summed E-state index contributed by atoms with van der Waals surface area (Å²) in [6, 6.07) is 7.64. The standard InChI is InChI=1S/C20H21N3O4S/c1-4-26-20(25)17-12(3)16-18(21)22-14(23-19(16)28-17)10-27-15(24)9-13-8-6-5-7-11(13)2/h5-8H,4,9-10H2,1-3H3,(H2,21,22,23). The predicted octanol–water partition coefficient (Wildman–Crippen LogP) is 3.35. The Morgan fingerprint density at radius 2 is 1.89 bits per heavy atom. The lowest BCUT2D eigenvalue weighted by molar-refractivity contribution is -0.144. The fraction of sp³-hybridized carbons (Fsp3) is 0.300. The zero-order chi connectivity index (χ0) is 20.3. The molecule has 8 heteroatoms. The lowest BCUT2D eigenvalue weighted by Crippen LogP contribution is -2.11. The highest BCUT2D eigenvalue weighted by Gasteiger charge is 2.20. The van der Waals surface area contributed by atoms with Gasteiger partial charge in [-0.2, -0.15) is 0 Å². The lowest BCUT2D eigenvalue weighted by Gasteiger charge is -2.07. The Hall–Kier alpha value is -3.00. The van der Waals surface area contributed by atoms with Crippen molar-refractivity contribution in [1.82, 2.24) is 9.97 Å². The maximum absolute atomic E-state index is 12.1. The Morgan fingerprint density at radius 3 is 2.61 bits per heavy atom. The minimum atomic E-state index is -0.409. The van der Waals surface area contributed by atoms with Crippen LogP contribution >= 0.6 is 11.3 Å². The van der Waals surface area contributed by atoms with E-state index in [9.17, 15) is 9.59 Å². The van der Waals surface area contributed by atoms with Gasteiger partial charge in [-0.3, -0.25) is 4.79 Å². The van der Waals surface area contributed by atoms with E-state index in [-0.39, 0.29) is 31.4 Å². The quantitative estimate of drug-likeness (QED) is 0.634. The van der Waals surface area contributed by atoms with E-state index < -0.39 is 5.97 Å². The van der Waals surface area contributed by atoms with E-state index in [1.54, 1.807) is 13.8 Å². The summed E-state index contributed by atoms with van der Waals surface area (Å²) in [4.78, 5) is 33.9. The highest BCUT2D eigenvalue weighted by Crippen LogP contribution is 2.33. The highest BCUT2D eigenvalue weighted by atomic mass is 32.1. The molecule has 28 heavy (non-hydrogen) atoms. The van der Waals surface area contributed by atoms with Gasteiger partial charge in [0, 0.05) is 0 Å². The van der Waals surface area contributed by atoms with Crippen LogP contribution in [0.25, 0.3) is 10.2 Å². The van der Waals surface area contributed by atoms with E-state index >= 15 is 0 Å². The van der Waals surface area contributed by atoms with Crippen molar-refractivity contribution < 1.29 is 19.1 Å². The summed E-state index contributed by atoms with van der Waals surface area (Å²) >= 11 is 1.19. The summed E-state index contributed by atoms with van der Waals surface area (Å²) in [6.45, 7) is 5.68. The van der Waals surface area contributed by atoms with E-state index in [4.69, 9.17) is 15.2 Å². The maximum atomic E-state index is 12.1. The number of nitrogens with two attached hydrogens (primary N) is 1. The summed E-state index contributed by atoms with van der Waals surface area (Å²) in [5, 5.41) is 0.628. The van der Waals surface area contributed by atoms with E-state index in [0.717, 1.165) is 11.1 Å². The number of carbonyl (C=O) groups excluding carboxylic acids is 2. The van der Waals surface area contributed by atoms with Gasteiger partial charge in [-0.05, 0) is 37.5 Å². The normalized spacial score (nSPS) is 10.8. The molecule has 146 valence electrons. The number of benzene rings is 1. The maximum Gasteiger partial charge on any atom is 0.348 e. The molecular weight excluding hydrogens is 378 g/mol. The number of thiophene rings is 1. The first-order chi connectivity index (χ1) is 13.4. The SMILES string of the molecule is CCOC(=O)c1sc2nc(COC(=O)Cc3ccccc3C)nc(N)c2c1C. The molecule has 0 atom stereocenters. The van der Waals surface area contributed by atoms with E-state index in [1.165, 1.54) is 11.3 Å². The topological polar surface area (TPSA) is 104 Å². The van der Waals surface area contributed by atoms with Crippen LogP contribution in [0.4, 0.5) is 5.82 Å². The monoisotopic (exact) mass is 399 g/mol. The highest BCUT2D eigenvalue weighted by molar-refractivity contribution is 7.20. The molecule has 0 fully saturated rings. The van der Waals surface area contributed by atoms with Crippen molar-refractivity contribution in [3.63, 3.8) is 0 Å². The van der Waals surface area contributed by atoms with Gasteiger partial charge in [0.25, 0.3) is 0 Å². The van der Waals surface area contributed by atoms with Crippen LogP contribution in [-0.2, 0) is 27.3 Å². The smallest absolute Gasteiger partial charge is 0.348 e. The second-order valence-corrected chi connectivity index (χ2v) is 7.24. The molecule has 3 aromatic rings. The molecule has 0 saturated carbocycles. The molecule has 1 aromatic carbocycles. The molecule has 2 aromatic heterocycles. The van der Waals surface area contributed by atoms with Crippen LogP contribution in [0.1, 0.15) is 39.1 Å². The molecule has 0 aliphatic heterocycles. The molecule has 7 nitrogen and oxygen atoms in total. The van der Waals surface area contributed by atoms with Gasteiger partial charge in [-0.25, -0.2) is 14.8 Å². The van der Waals surface area contributed by atoms with Crippen LogP contribution in [0.15, 0.2) is 24.3 Å². The number of aryl methyl sites for hydroxylation is 2. The number of fused-ring (bicyclic) bond motifs is 1. The van der Waals surface area contributed by atoms with Gasteiger partial charge in [0.2, 0.25) is 0 Å². The number of nitrogens with zero attached hydrogens (tertiary/aromatic N) is 2. The molecule has 3 rings (SSSR count). The van der Waals surface area contributed by atoms with Crippen LogP contribution in [0, 0.1) is 13.8 Å². The summed E-state index contributed by atoms with van der Waals surface area (Å²) in [7, 11) is 0. The molecule has 2 N–H and O–H groups in total. The second kappa shape index (κ2) is 8.35. The van der Waals surface area contributed by atoms with Gasteiger partial charge in [-0.15, -0.1) is 11.3 Å². The molecular formula is C20H21N3O4S. The van der Waals surface area contributed by atoms with E-state index in [2.05, 4.69) is 9.97 Å². The minimum absolute atomic E-state index is 0.0868. The number of carbonyl (C=O) groups is 2. The van der Waals surface area contributed by atoms with Gasteiger partial charge < -0.3 is 15.2 Å². The zero-order valence-corrected chi connectivity index (χ0v) is 16.8. The molecule has 0 bridgehead atoms. The summed E-state index contributed by atoms with van der Waals surface area (Å²) in [6.07, 6.45) is 0.176. The Bertz CT molecular complexity index is 1050. The van der Waals surface area contributed by atoms with Crippen LogP contribution in [-0.4, -0.2) is 28.5 Å². The Balaban J connectivity index is 1.76. The summed E-state index contributed by atoms with van der Waals surface area (Å²) in [5.74, 6) is -0.237. The Labute approximate surface area is 166 Å². The van der Waals surface area contributed by atoms with Crippen molar-refractivity contribution in [2.45, 2.75) is 33.8 Å². The fourth-order valence-electron chi connectivity index (χ4n) is 2.83. The van der Waals surface area contributed by atoms with Crippen molar-refractivity contribution in [3.8, 4) is 0 Å². The number of nitrogen functional groups attached to an aromatic ring is 1. The van der Waals surface area contributed by atoms with Crippen LogP contribution in [0.3, 0.4) is 0 Å². The molecule has 0 aliphatic carbocycles. The summed E-state index contributed by atoms with van der Waals surface area (Å²) in [5.41, 5.74) is 8.69. The van der Waals surface area contributed by atoms with Gasteiger partial charge in [-0.1, -0.05) is 24.3 Å².